The molecule has 0 amide bonds. The molecule has 0 aromatic heterocycles. The molecule has 0 unspecified atom stereocenters. The summed E-state index contributed by atoms with van der Waals surface area (Å²) in [6.07, 6.45) is 6.56. The fourth-order valence-corrected chi connectivity index (χ4v) is 5.86. The zero-order valence-corrected chi connectivity index (χ0v) is 13.9. The molecule has 0 saturated carbocycles. The van der Waals surface area contributed by atoms with Crippen LogP contribution in [0.3, 0.4) is 0 Å². The predicted octanol–water partition coefficient (Wildman–Crippen LogP) is 5.56. The van der Waals surface area contributed by atoms with Gasteiger partial charge in [-0.3, -0.25) is 0 Å². The molecule has 1 nitrogen and oxygen atoms in total. The van der Waals surface area contributed by atoms with E-state index in [1.165, 1.54) is 48.0 Å². The zero-order valence-electron chi connectivity index (χ0n) is 13.0. The first kappa shape index (κ1) is 14.8. The molecule has 0 atom stereocenters. The number of fused-ring (bicyclic) bond motifs is 1. The average Bonchev–Trinajstić information content (AvgIpc) is 2.56. The van der Waals surface area contributed by atoms with Crippen LogP contribution in [-0.4, -0.2) is 18.1 Å². The fraction of sp³-hybridized carbons (Fsp3) is 0.474. The standard InChI is InChI=1S/C19H26OS/c1-2-3-13-20-18-11-12-19(21-14-7-4-8-15-21)17-10-6-5-9-16(17)18/h5-6,9-12,21H,2-4,7-8,13-15H2,1H3. The number of unbranched alkanes of at least 4 members (excludes halogenated alkanes) is 1. The predicted molar refractivity (Wildman–Crippen MR) is 95.2 cm³/mol. The van der Waals surface area contributed by atoms with Crippen LogP contribution in [0.4, 0.5) is 0 Å². The summed E-state index contributed by atoms with van der Waals surface area (Å²) in [5, 5.41) is 2.73. The molecule has 2 aromatic rings. The summed E-state index contributed by atoms with van der Waals surface area (Å²) in [4.78, 5) is 1.60. The highest BCUT2D eigenvalue weighted by molar-refractivity contribution is 8.17. The lowest BCUT2D eigenvalue weighted by Gasteiger charge is -2.28. The van der Waals surface area contributed by atoms with E-state index in [1.807, 2.05) is 0 Å². The van der Waals surface area contributed by atoms with E-state index < -0.39 is 0 Å². The van der Waals surface area contributed by atoms with Gasteiger partial charge in [0.2, 0.25) is 0 Å². The van der Waals surface area contributed by atoms with Gasteiger partial charge in [-0.2, -0.15) is 0 Å². The van der Waals surface area contributed by atoms with E-state index in [1.54, 1.807) is 4.90 Å². The van der Waals surface area contributed by atoms with E-state index in [0.29, 0.717) is 0 Å². The van der Waals surface area contributed by atoms with Crippen molar-refractivity contribution in [2.24, 2.45) is 0 Å². The molecule has 0 spiro atoms. The van der Waals surface area contributed by atoms with Crippen molar-refractivity contribution in [3.63, 3.8) is 0 Å². The minimum atomic E-state index is 0.0494. The summed E-state index contributed by atoms with van der Waals surface area (Å²) in [5.41, 5.74) is 0. The quantitative estimate of drug-likeness (QED) is 0.561. The summed E-state index contributed by atoms with van der Waals surface area (Å²) in [6, 6.07) is 13.4. The van der Waals surface area contributed by atoms with Gasteiger partial charge in [0.25, 0.3) is 0 Å². The zero-order chi connectivity index (χ0) is 14.5. The lowest BCUT2D eigenvalue weighted by molar-refractivity contribution is 0.313. The van der Waals surface area contributed by atoms with Crippen molar-refractivity contribution in [3.05, 3.63) is 36.4 Å². The third kappa shape index (κ3) is 3.37. The minimum absolute atomic E-state index is 0.0494. The Morgan fingerprint density at radius 3 is 2.48 bits per heavy atom. The molecule has 3 rings (SSSR count). The molecule has 2 aromatic carbocycles. The Morgan fingerprint density at radius 1 is 0.952 bits per heavy atom. The number of hydrogen-bond acceptors (Lipinski definition) is 1. The number of rotatable bonds is 5. The van der Waals surface area contributed by atoms with Gasteiger partial charge in [0, 0.05) is 5.39 Å². The second-order valence-electron chi connectivity index (χ2n) is 5.88. The summed E-state index contributed by atoms with van der Waals surface area (Å²) < 4.78 is 6.01. The van der Waals surface area contributed by atoms with Gasteiger partial charge in [-0.05, 0) is 53.2 Å². The Bertz CT molecular complexity index is 587. The molecular weight excluding hydrogens is 276 g/mol. The maximum Gasteiger partial charge on any atom is 0.127 e. The highest BCUT2D eigenvalue weighted by Crippen LogP contribution is 2.46. The smallest absolute Gasteiger partial charge is 0.127 e. The van der Waals surface area contributed by atoms with Crippen molar-refractivity contribution in [1.82, 2.24) is 0 Å². The maximum absolute atomic E-state index is 6.01. The molecule has 0 bridgehead atoms. The monoisotopic (exact) mass is 302 g/mol. The van der Waals surface area contributed by atoms with E-state index in [-0.39, 0.29) is 10.9 Å². The molecule has 2 heteroatoms. The Kier molecular flexibility index (Phi) is 5.08. The van der Waals surface area contributed by atoms with Gasteiger partial charge in [0.1, 0.15) is 5.75 Å². The maximum atomic E-state index is 6.01. The molecule has 21 heavy (non-hydrogen) atoms. The van der Waals surface area contributed by atoms with E-state index in [0.717, 1.165) is 18.8 Å². The van der Waals surface area contributed by atoms with Crippen molar-refractivity contribution in [2.75, 3.05) is 18.1 Å². The molecule has 1 saturated heterocycles. The van der Waals surface area contributed by atoms with Crippen LogP contribution in [0.2, 0.25) is 0 Å². The van der Waals surface area contributed by atoms with E-state index in [2.05, 4.69) is 43.3 Å². The number of hydrogen-bond donors (Lipinski definition) is 1. The fourth-order valence-electron chi connectivity index (χ4n) is 3.12. The van der Waals surface area contributed by atoms with Crippen molar-refractivity contribution in [1.29, 1.82) is 0 Å². The van der Waals surface area contributed by atoms with Gasteiger partial charge in [0.05, 0.1) is 6.61 Å². The van der Waals surface area contributed by atoms with Gasteiger partial charge < -0.3 is 4.74 Å². The topological polar surface area (TPSA) is 9.23 Å². The molecular formula is C19H26OS. The van der Waals surface area contributed by atoms with Gasteiger partial charge >= 0.3 is 0 Å². The molecule has 1 fully saturated rings. The van der Waals surface area contributed by atoms with Crippen LogP contribution in [0, 0.1) is 0 Å². The summed E-state index contributed by atoms with van der Waals surface area (Å²) in [6.45, 7) is 3.03. The van der Waals surface area contributed by atoms with Gasteiger partial charge in [-0.1, -0.05) is 44.0 Å². The molecule has 1 aliphatic rings. The Balaban J connectivity index is 1.93. The highest BCUT2D eigenvalue weighted by Gasteiger charge is 2.15. The van der Waals surface area contributed by atoms with Crippen LogP contribution in [0.5, 0.6) is 5.75 Å². The number of thiol groups is 1. The van der Waals surface area contributed by atoms with E-state index in [9.17, 15) is 0 Å². The van der Waals surface area contributed by atoms with Crippen molar-refractivity contribution >= 4 is 21.7 Å². The van der Waals surface area contributed by atoms with Crippen LogP contribution in [-0.2, 0) is 0 Å². The first-order valence-corrected chi connectivity index (χ1v) is 10.0. The third-order valence-corrected chi connectivity index (χ3v) is 7.10. The summed E-state index contributed by atoms with van der Waals surface area (Å²) >= 11 is 0. The lowest BCUT2D eigenvalue weighted by Crippen LogP contribution is -2.04. The minimum Gasteiger partial charge on any atom is -0.493 e. The van der Waals surface area contributed by atoms with Crippen LogP contribution in [0.25, 0.3) is 10.8 Å². The molecule has 114 valence electrons. The molecule has 1 aliphatic heterocycles. The molecule has 0 aliphatic carbocycles. The summed E-state index contributed by atoms with van der Waals surface area (Å²) in [5.74, 6) is 3.89. The number of benzene rings is 2. The largest absolute Gasteiger partial charge is 0.493 e. The van der Waals surface area contributed by atoms with Gasteiger partial charge in [-0.15, -0.1) is 0 Å². The highest BCUT2D eigenvalue weighted by atomic mass is 32.2. The molecule has 0 N–H and O–H groups in total. The van der Waals surface area contributed by atoms with Gasteiger partial charge in [-0.25, -0.2) is 10.9 Å². The second kappa shape index (κ2) is 7.22. The first-order valence-electron chi connectivity index (χ1n) is 8.29. The van der Waals surface area contributed by atoms with Gasteiger partial charge in [0.15, 0.2) is 0 Å². The normalized spacial score (nSPS) is 17.1. The van der Waals surface area contributed by atoms with E-state index >= 15 is 0 Å². The first-order chi connectivity index (χ1) is 10.4. The van der Waals surface area contributed by atoms with Crippen LogP contribution < -0.4 is 4.74 Å². The SMILES string of the molecule is CCCCOc1ccc([SH]2CCCCC2)c2ccccc12. The van der Waals surface area contributed by atoms with Crippen LogP contribution in [0.1, 0.15) is 39.0 Å². The Labute approximate surface area is 131 Å². The lowest BCUT2D eigenvalue weighted by atomic mass is 10.1. The number of ether oxygens (including phenoxy) is 1. The molecule has 1 heterocycles. The van der Waals surface area contributed by atoms with E-state index in [4.69, 9.17) is 4.74 Å². The molecule has 0 radical (unpaired) electrons. The van der Waals surface area contributed by atoms with Crippen molar-refractivity contribution in [3.8, 4) is 5.75 Å². The van der Waals surface area contributed by atoms with Crippen LogP contribution >= 0.6 is 10.9 Å². The average molecular weight is 302 g/mol. The van der Waals surface area contributed by atoms with Crippen molar-refractivity contribution < 1.29 is 4.74 Å². The van der Waals surface area contributed by atoms with Crippen LogP contribution in [0.15, 0.2) is 41.3 Å². The summed E-state index contributed by atoms with van der Waals surface area (Å²) in [7, 11) is 0.0494. The Morgan fingerprint density at radius 2 is 1.71 bits per heavy atom. The Hall–Kier alpha value is -1.15. The second-order valence-corrected chi connectivity index (χ2v) is 8.33. The van der Waals surface area contributed by atoms with Crippen molar-refractivity contribution in [2.45, 2.75) is 43.9 Å². The third-order valence-electron chi connectivity index (χ3n) is 4.31.